The van der Waals surface area contributed by atoms with E-state index in [1.165, 1.54) is 0 Å². The molecule has 3 aromatic carbocycles. The molecule has 0 saturated heterocycles. The molecule has 2 atom stereocenters. The average molecular weight is 451 g/mol. The molecule has 6 heteroatoms. The van der Waals surface area contributed by atoms with Crippen LogP contribution in [0.5, 0.6) is 5.75 Å². The van der Waals surface area contributed by atoms with Crippen molar-refractivity contribution in [2.45, 2.75) is 25.2 Å². The molecular weight excluding hydrogens is 424 g/mol. The van der Waals surface area contributed by atoms with Gasteiger partial charge < -0.3 is 14.7 Å². The number of oxime groups is 1. The van der Waals surface area contributed by atoms with E-state index in [1.54, 1.807) is 7.11 Å². The molecule has 0 aliphatic carbocycles. The lowest BCUT2D eigenvalue weighted by molar-refractivity contribution is 0.0318. The summed E-state index contributed by atoms with van der Waals surface area (Å²) in [6.07, 6.45) is 0.0200. The van der Waals surface area contributed by atoms with E-state index in [0.717, 1.165) is 28.2 Å². The number of aliphatic hydroxyl groups excluding tert-OH is 1. The third kappa shape index (κ3) is 5.88. The van der Waals surface area contributed by atoms with Crippen LogP contribution in [0.1, 0.15) is 29.2 Å². The van der Waals surface area contributed by atoms with Crippen LogP contribution < -0.4 is 4.74 Å². The van der Waals surface area contributed by atoms with Crippen molar-refractivity contribution in [1.82, 2.24) is 4.90 Å². The van der Waals surface area contributed by atoms with E-state index in [1.807, 2.05) is 72.8 Å². The number of hydrogen-bond donors (Lipinski definition) is 1. The van der Waals surface area contributed by atoms with Gasteiger partial charge in [0.2, 0.25) is 0 Å². The van der Waals surface area contributed by atoms with E-state index in [2.05, 4.69) is 16.1 Å². The molecule has 32 heavy (non-hydrogen) atoms. The fraction of sp³-hybridized carbons (Fsp3) is 0.269. The highest BCUT2D eigenvalue weighted by atomic mass is 35.5. The maximum absolute atomic E-state index is 10.9. The zero-order chi connectivity index (χ0) is 22.3. The van der Waals surface area contributed by atoms with Gasteiger partial charge in [-0.3, -0.25) is 4.90 Å². The molecule has 2 unspecified atom stereocenters. The highest BCUT2D eigenvalue weighted by Gasteiger charge is 2.26. The second-order valence-electron chi connectivity index (χ2n) is 7.95. The van der Waals surface area contributed by atoms with Gasteiger partial charge in [-0.15, -0.1) is 0 Å². The topological polar surface area (TPSA) is 54.3 Å². The molecule has 0 amide bonds. The number of aliphatic hydroxyl groups is 1. The van der Waals surface area contributed by atoms with E-state index in [-0.39, 0.29) is 6.10 Å². The smallest absolute Gasteiger partial charge is 0.145 e. The van der Waals surface area contributed by atoms with Gasteiger partial charge in [-0.05, 0) is 41.0 Å². The summed E-state index contributed by atoms with van der Waals surface area (Å²) in [7, 11) is 1.66. The summed E-state index contributed by atoms with van der Waals surface area (Å²) in [4.78, 5) is 7.96. The molecule has 1 heterocycles. The van der Waals surface area contributed by atoms with Crippen LogP contribution in [0.3, 0.4) is 0 Å². The van der Waals surface area contributed by atoms with Gasteiger partial charge in [0.1, 0.15) is 11.9 Å². The van der Waals surface area contributed by atoms with Crippen molar-refractivity contribution < 1.29 is 14.7 Å². The van der Waals surface area contributed by atoms with Crippen LogP contribution in [0.2, 0.25) is 5.02 Å². The second-order valence-corrected chi connectivity index (χ2v) is 8.38. The molecule has 1 N–H and O–H groups in total. The largest absolute Gasteiger partial charge is 0.497 e. The number of halogens is 1. The summed E-state index contributed by atoms with van der Waals surface area (Å²) < 4.78 is 5.37. The van der Waals surface area contributed by atoms with Crippen molar-refractivity contribution in [3.63, 3.8) is 0 Å². The molecule has 0 bridgehead atoms. The van der Waals surface area contributed by atoms with Crippen LogP contribution in [0, 0.1) is 0 Å². The molecule has 3 aromatic rings. The van der Waals surface area contributed by atoms with E-state index >= 15 is 0 Å². The Hall–Kier alpha value is -2.86. The third-order valence-electron chi connectivity index (χ3n) is 5.53. The lowest BCUT2D eigenvalue weighted by atomic mass is 10.0. The zero-order valence-corrected chi connectivity index (χ0v) is 18.8. The van der Waals surface area contributed by atoms with Crippen LogP contribution in [0.4, 0.5) is 0 Å². The van der Waals surface area contributed by atoms with Crippen molar-refractivity contribution in [2.24, 2.45) is 5.16 Å². The first kappa shape index (κ1) is 22.3. The predicted molar refractivity (Wildman–Crippen MR) is 127 cm³/mol. The summed E-state index contributed by atoms with van der Waals surface area (Å²) >= 11 is 6.00. The normalized spacial score (nSPS) is 16.5. The predicted octanol–water partition coefficient (Wildman–Crippen LogP) is 5.08. The molecule has 5 nitrogen and oxygen atoms in total. The lowest BCUT2D eigenvalue weighted by Gasteiger charge is -2.27. The van der Waals surface area contributed by atoms with E-state index < -0.39 is 6.10 Å². The van der Waals surface area contributed by atoms with E-state index in [4.69, 9.17) is 21.2 Å². The molecule has 0 spiro atoms. The maximum atomic E-state index is 10.9. The van der Waals surface area contributed by atoms with Gasteiger partial charge in [-0.2, -0.15) is 0 Å². The van der Waals surface area contributed by atoms with Gasteiger partial charge in [0.15, 0.2) is 0 Å². The van der Waals surface area contributed by atoms with Gasteiger partial charge in [0, 0.05) is 31.1 Å². The maximum Gasteiger partial charge on any atom is 0.145 e. The second kappa shape index (κ2) is 10.6. The molecular formula is C26H27ClN2O3. The standard InChI is InChI=1S/C26H27ClN2O3/c1-31-23-9-5-6-19(14-23)16-29(18-26(30)21-7-3-2-4-8-21)17-24-15-25(28-32-24)20-10-12-22(27)13-11-20/h2-14,24,26,30H,15-18H2,1H3. The highest BCUT2D eigenvalue weighted by Crippen LogP contribution is 2.23. The average Bonchev–Trinajstić information content (AvgIpc) is 3.28. The van der Waals surface area contributed by atoms with Gasteiger partial charge in [0.25, 0.3) is 0 Å². The molecule has 0 fully saturated rings. The first-order valence-electron chi connectivity index (χ1n) is 10.7. The minimum absolute atomic E-state index is 0.0886. The molecule has 1 aliphatic rings. The minimum Gasteiger partial charge on any atom is -0.497 e. The summed E-state index contributed by atoms with van der Waals surface area (Å²) in [6, 6.07) is 25.4. The molecule has 4 rings (SSSR count). The Morgan fingerprint density at radius 1 is 1.09 bits per heavy atom. The van der Waals surface area contributed by atoms with Crippen LogP contribution >= 0.6 is 11.6 Å². The number of ether oxygens (including phenoxy) is 1. The molecule has 0 saturated carbocycles. The molecule has 166 valence electrons. The third-order valence-corrected chi connectivity index (χ3v) is 5.78. The first-order chi connectivity index (χ1) is 15.6. The number of methoxy groups -OCH3 is 1. The Balaban J connectivity index is 1.45. The molecule has 0 aromatic heterocycles. The van der Waals surface area contributed by atoms with Crippen LogP contribution in [0.25, 0.3) is 0 Å². The summed E-state index contributed by atoms with van der Waals surface area (Å²) in [5.41, 5.74) is 3.94. The fourth-order valence-electron chi connectivity index (χ4n) is 3.88. The Labute approximate surface area is 193 Å². The summed E-state index contributed by atoms with van der Waals surface area (Å²) in [6.45, 7) is 1.79. The molecule has 1 aliphatic heterocycles. The number of rotatable bonds is 9. The van der Waals surface area contributed by atoms with Crippen molar-refractivity contribution in [3.8, 4) is 5.75 Å². The van der Waals surface area contributed by atoms with E-state index in [0.29, 0.717) is 31.1 Å². The Bertz CT molecular complexity index is 1040. The van der Waals surface area contributed by atoms with Gasteiger partial charge >= 0.3 is 0 Å². The first-order valence-corrected chi connectivity index (χ1v) is 11.1. The van der Waals surface area contributed by atoms with Gasteiger partial charge in [-0.25, -0.2) is 0 Å². The van der Waals surface area contributed by atoms with Gasteiger partial charge in [0.05, 0.1) is 18.9 Å². The highest BCUT2D eigenvalue weighted by molar-refractivity contribution is 6.30. The van der Waals surface area contributed by atoms with Crippen molar-refractivity contribution in [2.75, 3.05) is 20.2 Å². The fourth-order valence-corrected chi connectivity index (χ4v) is 4.01. The number of nitrogens with zero attached hydrogens (tertiary/aromatic N) is 2. The van der Waals surface area contributed by atoms with Crippen molar-refractivity contribution >= 4 is 17.3 Å². The zero-order valence-electron chi connectivity index (χ0n) is 18.0. The summed E-state index contributed by atoms with van der Waals surface area (Å²) in [5.74, 6) is 0.816. The summed E-state index contributed by atoms with van der Waals surface area (Å²) in [5, 5.41) is 15.9. The number of benzene rings is 3. The van der Waals surface area contributed by atoms with E-state index in [9.17, 15) is 5.11 Å². The van der Waals surface area contributed by atoms with Crippen molar-refractivity contribution in [1.29, 1.82) is 0 Å². The Morgan fingerprint density at radius 2 is 1.88 bits per heavy atom. The SMILES string of the molecule is COc1cccc(CN(CC2CC(c3ccc(Cl)cc3)=NO2)CC(O)c2ccccc2)c1. The Kier molecular flexibility index (Phi) is 7.43. The minimum atomic E-state index is -0.597. The number of hydrogen-bond acceptors (Lipinski definition) is 5. The van der Waals surface area contributed by atoms with Crippen LogP contribution in [0.15, 0.2) is 84.0 Å². The quantitative estimate of drug-likeness (QED) is 0.494. The molecule has 0 radical (unpaired) electrons. The van der Waals surface area contributed by atoms with Crippen LogP contribution in [-0.4, -0.2) is 42.0 Å². The lowest BCUT2D eigenvalue weighted by Crippen LogP contribution is -2.35. The van der Waals surface area contributed by atoms with Gasteiger partial charge in [-0.1, -0.05) is 71.4 Å². The Morgan fingerprint density at radius 3 is 2.62 bits per heavy atom. The van der Waals surface area contributed by atoms with Crippen molar-refractivity contribution in [3.05, 3.63) is 101 Å². The monoisotopic (exact) mass is 450 g/mol. The van der Waals surface area contributed by atoms with Crippen LogP contribution in [-0.2, 0) is 11.4 Å².